The van der Waals surface area contributed by atoms with Gasteiger partial charge in [0.25, 0.3) is 0 Å². The molecule has 0 atom stereocenters. The third-order valence-corrected chi connectivity index (χ3v) is 4.18. The SMILES string of the molecule is C=C(NOCCn1ccc2ccccc21)c1ccc(OCC(=O)O)c(C)c1. The first kappa shape index (κ1) is 18.5. The smallest absolute Gasteiger partial charge is 0.341 e. The fourth-order valence-corrected chi connectivity index (χ4v) is 2.82. The van der Waals surface area contributed by atoms with Crippen molar-refractivity contribution < 1.29 is 19.5 Å². The minimum absolute atomic E-state index is 0.365. The number of fused-ring (bicyclic) bond motifs is 1. The highest BCUT2D eigenvalue weighted by Crippen LogP contribution is 2.22. The number of hydrogen-bond donors (Lipinski definition) is 2. The third kappa shape index (κ3) is 4.68. The molecular formula is C21H22N2O4. The number of nitrogens with zero attached hydrogens (tertiary/aromatic N) is 1. The summed E-state index contributed by atoms with van der Waals surface area (Å²) in [5.74, 6) is -0.470. The normalized spacial score (nSPS) is 10.7. The zero-order valence-electron chi connectivity index (χ0n) is 15.1. The molecule has 0 amide bonds. The van der Waals surface area contributed by atoms with E-state index in [2.05, 4.69) is 34.8 Å². The lowest BCUT2D eigenvalue weighted by atomic mass is 10.1. The molecule has 0 radical (unpaired) electrons. The van der Waals surface area contributed by atoms with E-state index in [4.69, 9.17) is 14.7 Å². The van der Waals surface area contributed by atoms with Gasteiger partial charge in [-0.3, -0.25) is 10.3 Å². The van der Waals surface area contributed by atoms with Crippen LogP contribution in [0.15, 0.2) is 61.3 Å². The minimum Gasteiger partial charge on any atom is -0.482 e. The molecule has 0 aliphatic heterocycles. The Balaban J connectivity index is 1.50. The number of aliphatic carboxylic acids is 1. The van der Waals surface area contributed by atoms with Gasteiger partial charge in [-0.1, -0.05) is 24.8 Å². The summed E-state index contributed by atoms with van der Waals surface area (Å²) >= 11 is 0. The number of rotatable bonds is 9. The van der Waals surface area contributed by atoms with E-state index in [0.717, 1.165) is 17.7 Å². The molecule has 0 saturated heterocycles. The van der Waals surface area contributed by atoms with Crippen LogP contribution in [0.2, 0.25) is 0 Å². The Bertz CT molecular complexity index is 962. The Hall–Kier alpha value is -3.25. The van der Waals surface area contributed by atoms with Crippen LogP contribution in [0.1, 0.15) is 11.1 Å². The van der Waals surface area contributed by atoms with Crippen molar-refractivity contribution in [1.29, 1.82) is 0 Å². The summed E-state index contributed by atoms with van der Waals surface area (Å²) in [4.78, 5) is 16.1. The molecular weight excluding hydrogens is 344 g/mol. The molecule has 0 fully saturated rings. The van der Waals surface area contributed by atoms with Crippen molar-refractivity contribution in [3.63, 3.8) is 0 Å². The minimum atomic E-state index is -1.01. The number of aryl methyl sites for hydroxylation is 1. The lowest BCUT2D eigenvalue weighted by Gasteiger charge is -2.13. The Labute approximate surface area is 157 Å². The van der Waals surface area contributed by atoms with Crippen LogP contribution < -0.4 is 10.2 Å². The number of hydrogen-bond acceptors (Lipinski definition) is 4. The van der Waals surface area contributed by atoms with E-state index in [1.165, 1.54) is 10.9 Å². The molecule has 1 heterocycles. The van der Waals surface area contributed by atoms with E-state index >= 15 is 0 Å². The number of para-hydroxylation sites is 1. The highest BCUT2D eigenvalue weighted by molar-refractivity contribution is 5.79. The molecule has 27 heavy (non-hydrogen) atoms. The van der Waals surface area contributed by atoms with E-state index in [9.17, 15) is 4.79 Å². The van der Waals surface area contributed by atoms with Crippen molar-refractivity contribution in [2.24, 2.45) is 0 Å². The average Bonchev–Trinajstić information content (AvgIpc) is 3.07. The molecule has 2 N–H and O–H groups in total. The van der Waals surface area contributed by atoms with Crippen LogP contribution in [-0.4, -0.2) is 28.9 Å². The van der Waals surface area contributed by atoms with Gasteiger partial charge in [0.05, 0.1) is 12.3 Å². The fraction of sp³-hybridized carbons (Fsp3) is 0.190. The Morgan fingerprint density at radius 2 is 2.04 bits per heavy atom. The van der Waals surface area contributed by atoms with Gasteiger partial charge in [0.1, 0.15) is 5.75 Å². The van der Waals surface area contributed by atoms with Gasteiger partial charge in [-0.15, -0.1) is 0 Å². The molecule has 0 unspecified atom stereocenters. The maximum Gasteiger partial charge on any atom is 0.341 e. The molecule has 6 nitrogen and oxygen atoms in total. The second-order valence-corrected chi connectivity index (χ2v) is 6.16. The largest absolute Gasteiger partial charge is 0.482 e. The summed E-state index contributed by atoms with van der Waals surface area (Å²) < 4.78 is 7.36. The van der Waals surface area contributed by atoms with Crippen molar-refractivity contribution in [2.75, 3.05) is 13.2 Å². The molecule has 6 heteroatoms. The second-order valence-electron chi connectivity index (χ2n) is 6.16. The number of carboxylic acid groups (broad SMARTS) is 1. The number of hydroxylamine groups is 1. The number of benzene rings is 2. The zero-order chi connectivity index (χ0) is 19.2. The standard InChI is InChI=1S/C21H22N2O4/c1-15-13-18(7-8-20(15)26-14-21(24)25)16(2)22-27-12-11-23-10-9-17-5-3-4-6-19(17)23/h3-10,13,22H,2,11-12,14H2,1H3,(H,24,25). The quantitative estimate of drug-likeness (QED) is 0.447. The highest BCUT2D eigenvalue weighted by Gasteiger charge is 2.06. The van der Waals surface area contributed by atoms with Gasteiger partial charge in [-0.25, -0.2) is 4.79 Å². The predicted octanol–water partition coefficient (Wildman–Crippen LogP) is 3.61. The van der Waals surface area contributed by atoms with E-state index in [1.807, 2.05) is 37.4 Å². The summed E-state index contributed by atoms with van der Waals surface area (Å²) in [5, 5.41) is 9.89. The first-order valence-corrected chi connectivity index (χ1v) is 8.61. The maximum absolute atomic E-state index is 10.6. The van der Waals surface area contributed by atoms with E-state index in [-0.39, 0.29) is 6.61 Å². The van der Waals surface area contributed by atoms with Crippen molar-refractivity contribution in [3.8, 4) is 5.75 Å². The summed E-state index contributed by atoms with van der Waals surface area (Å²) in [6.07, 6.45) is 2.04. The lowest BCUT2D eigenvalue weighted by Crippen LogP contribution is -2.16. The average molecular weight is 366 g/mol. The summed E-state index contributed by atoms with van der Waals surface area (Å²) in [6, 6.07) is 15.7. The zero-order valence-corrected chi connectivity index (χ0v) is 15.1. The number of ether oxygens (including phenoxy) is 1. The first-order chi connectivity index (χ1) is 13.0. The van der Waals surface area contributed by atoms with Crippen molar-refractivity contribution in [2.45, 2.75) is 13.5 Å². The molecule has 0 saturated carbocycles. The molecule has 1 aromatic heterocycles. The van der Waals surface area contributed by atoms with Gasteiger partial charge in [0, 0.05) is 18.3 Å². The van der Waals surface area contributed by atoms with Crippen molar-refractivity contribution in [3.05, 3.63) is 72.4 Å². The van der Waals surface area contributed by atoms with Gasteiger partial charge >= 0.3 is 5.97 Å². The van der Waals surface area contributed by atoms with E-state index < -0.39 is 5.97 Å². The lowest BCUT2D eigenvalue weighted by molar-refractivity contribution is -0.139. The number of carboxylic acids is 1. The Morgan fingerprint density at radius 3 is 2.81 bits per heavy atom. The first-order valence-electron chi connectivity index (χ1n) is 8.61. The molecule has 2 aromatic carbocycles. The molecule has 0 bridgehead atoms. The van der Waals surface area contributed by atoms with Gasteiger partial charge in [0.2, 0.25) is 0 Å². The molecule has 3 rings (SSSR count). The van der Waals surface area contributed by atoms with Gasteiger partial charge in [0.15, 0.2) is 6.61 Å². The van der Waals surface area contributed by atoms with Crippen LogP contribution in [0.4, 0.5) is 0 Å². The van der Waals surface area contributed by atoms with E-state index in [1.54, 1.807) is 6.07 Å². The third-order valence-electron chi connectivity index (χ3n) is 4.18. The van der Waals surface area contributed by atoms with Crippen molar-refractivity contribution >= 4 is 22.6 Å². The number of nitrogens with one attached hydrogen (secondary N) is 1. The van der Waals surface area contributed by atoms with Crippen molar-refractivity contribution in [1.82, 2.24) is 10.0 Å². The van der Waals surface area contributed by atoms with Crippen LogP contribution in [-0.2, 0) is 16.2 Å². The molecule has 140 valence electrons. The van der Waals surface area contributed by atoms with Crippen LogP contribution in [0.5, 0.6) is 5.75 Å². The monoisotopic (exact) mass is 366 g/mol. The second kappa shape index (κ2) is 8.42. The summed E-state index contributed by atoms with van der Waals surface area (Å²) in [5.41, 5.74) is 6.34. The fourth-order valence-electron chi connectivity index (χ4n) is 2.82. The Morgan fingerprint density at radius 1 is 1.22 bits per heavy atom. The van der Waals surface area contributed by atoms with Gasteiger partial charge in [-0.05, 0) is 53.8 Å². The molecule has 0 spiro atoms. The number of aromatic nitrogens is 1. The van der Waals surface area contributed by atoms with Crippen LogP contribution >= 0.6 is 0 Å². The predicted molar refractivity (Wildman–Crippen MR) is 104 cm³/mol. The van der Waals surface area contributed by atoms with Crippen LogP contribution in [0.25, 0.3) is 16.6 Å². The van der Waals surface area contributed by atoms with Gasteiger partial charge < -0.3 is 14.4 Å². The van der Waals surface area contributed by atoms with E-state index in [0.29, 0.717) is 18.1 Å². The Kier molecular flexibility index (Phi) is 5.78. The van der Waals surface area contributed by atoms with Crippen LogP contribution in [0.3, 0.4) is 0 Å². The highest BCUT2D eigenvalue weighted by atomic mass is 16.6. The maximum atomic E-state index is 10.6. The molecule has 3 aromatic rings. The van der Waals surface area contributed by atoms with Crippen LogP contribution in [0, 0.1) is 6.92 Å². The molecule has 0 aliphatic rings. The topological polar surface area (TPSA) is 72.7 Å². The summed E-state index contributed by atoms with van der Waals surface area (Å²) in [7, 11) is 0. The molecule has 0 aliphatic carbocycles. The summed E-state index contributed by atoms with van der Waals surface area (Å²) in [6.45, 7) is 6.66. The number of carbonyl (C=O) groups is 1. The van der Waals surface area contributed by atoms with Gasteiger partial charge in [-0.2, -0.15) is 0 Å².